The maximum absolute atomic E-state index is 12.9. The van der Waals surface area contributed by atoms with Crippen molar-refractivity contribution in [3.8, 4) is 0 Å². The van der Waals surface area contributed by atoms with E-state index in [4.69, 9.17) is 23.2 Å². The Hall–Kier alpha value is -1.34. The normalized spacial score (nSPS) is 33.0. The number of carbonyl (C=O) groups is 2. The molecule has 0 aromatic heterocycles. The Balaban J connectivity index is 1.57. The highest BCUT2D eigenvalue weighted by atomic mass is 35.5. The van der Waals surface area contributed by atoms with Crippen molar-refractivity contribution in [2.75, 3.05) is 25.0 Å². The molecular formula is C18H20Cl2N2O4. The number of hydrogen-bond acceptors (Lipinski definition) is 4. The van der Waals surface area contributed by atoms with E-state index in [1.165, 1.54) is 0 Å². The zero-order chi connectivity index (χ0) is 18.7. The van der Waals surface area contributed by atoms with Crippen LogP contribution in [0.1, 0.15) is 31.2 Å². The summed E-state index contributed by atoms with van der Waals surface area (Å²) in [5, 5.41) is 23.1. The minimum absolute atomic E-state index is 0.0624. The SMILES string of the molecule is O=C([C@@H]1CC[C@](O)(CO)C1)N1CC[C@]2(C1)C(=O)Nc1cc(Cl)c(Cl)cc12. The molecule has 2 heterocycles. The summed E-state index contributed by atoms with van der Waals surface area (Å²) in [5.41, 5.74) is -0.538. The van der Waals surface area contributed by atoms with Crippen LogP contribution in [-0.2, 0) is 15.0 Å². The summed E-state index contributed by atoms with van der Waals surface area (Å²) in [4.78, 5) is 27.3. The molecule has 1 aromatic rings. The van der Waals surface area contributed by atoms with Crippen LogP contribution in [0.5, 0.6) is 0 Å². The van der Waals surface area contributed by atoms with Crippen molar-refractivity contribution in [3.05, 3.63) is 27.7 Å². The molecule has 140 valence electrons. The van der Waals surface area contributed by atoms with Gasteiger partial charge in [0.1, 0.15) is 0 Å². The molecule has 0 bridgehead atoms. The van der Waals surface area contributed by atoms with Crippen LogP contribution in [0.4, 0.5) is 5.69 Å². The number of nitrogens with one attached hydrogen (secondary N) is 1. The largest absolute Gasteiger partial charge is 0.393 e. The highest BCUT2D eigenvalue weighted by Crippen LogP contribution is 2.47. The lowest BCUT2D eigenvalue weighted by molar-refractivity contribution is -0.135. The summed E-state index contributed by atoms with van der Waals surface area (Å²) in [6, 6.07) is 3.36. The smallest absolute Gasteiger partial charge is 0.237 e. The number of amides is 2. The van der Waals surface area contributed by atoms with Crippen molar-refractivity contribution in [3.63, 3.8) is 0 Å². The van der Waals surface area contributed by atoms with Gasteiger partial charge in [-0.2, -0.15) is 0 Å². The summed E-state index contributed by atoms with van der Waals surface area (Å²) in [6.45, 7) is 0.423. The van der Waals surface area contributed by atoms with Gasteiger partial charge in [-0.1, -0.05) is 23.2 Å². The van der Waals surface area contributed by atoms with Gasteiger partial charge in [0.15, 0.2) is 0 Å². The Morgan fingerprint density at radius 3 is 2.73 bits per heavy atom. The van der Waals surface area contributed by atoms with Crippen molar-refractivity contribution in [2.45, 2.75) is 36.7 Å². The van der Waals surface area contributed by atoms with Crippen molar-refractivity contribution in [2.24, 2.45) is 5.92 Å². The molecule has 3 N–H and O–H groups in total. The second-order valence-corrected chi connectivity index (χ2v) is 8.49. The van der Waals surface area contributed by atoms with E-state index >= 15 is 0 Å². The number of nitrogens with zero attached hydrogens (tertiary/aromatic N) is 1. The average molecular weight is 399 g/mol. The summed E-state index contributed by atoms with van der Waals surface area (Å²) in [5.74, 6) is -0.521. The number of anilines is 1. The van der Waals surface area contributed by atoms with E-state index in [-0.39, 0.29) is 37.3 Å². The monoisotopic (exact) mass is 398 g/mol. The molecule has 0 unspecified atom stereocenters. The second kappa shape index (κ2) is 6.09. The number of halogens is 2. The molecule has 1 aliphatic carbocycles. The predicted molar refractivity (Wildman–Crippen MR) is 97.3 cm³/mol. The topological polar surface area (TPSA) is 89.9 Å². The summed E-state index contributed by atoms with van der Waals surface area (Å²) in [7, 11) is 0. The number of rotatable bonds is 2. The van der Waals surface area contributed by atoms with Crippen molar-refractivity contribution in [1.29, 1.82) is 0 Å². The maximum atomic E-state index is 12.9. The fourth-order valence-corrected chi connectivity index (χ4v) is 4.86. The van der Waals surface area contributed by atoms with Gasteiger partial charge in [-0.25, -0.2) is 0 Å². The van der Waals surface area contributed by atoms with Gasteiger partial charge >= 0.3 is 0 Å². The molecule has 3 atom stereocenters. The van der Waals surface area contributed by atoms with Gasteiger partial charge < -0.3 is 20.4 Å². The van der Waals surface area contributed by atoms with Crippen LogP contribution in [0.3, 0.4) is 0 Å². The van der Waals surface area contributed by atoms with E-state index < -0.39 is 11.0 Å². The molecule has 1 saturated carbocycles. The van der Waals surface area contributed by atoms with Crippen LogP contribution in [0.15, 0.2) is 12.1 Å². The number of carbonyl (C=O) groups excluding carboxylic acids is 2. The molecule has 2 aliphatic heterocycles. The van der Waals surface area contributed by atoms with E-state index in [1.807, 2.05) is 0 Å². The second-order valence-electron chi connectivity index (χ2n) is 7.68. The maximum Gasteiger partial charge on any atom is 0.237 e. The number of fused-ring (bicyclic) bond motifs is 2. The first-order valence-electron chi connectivity index (χ1n) is 8.71. The molecule has 8 heteroatoms. The summed E-state index contributed by atoms with van der Waals surface area (Å²) >= 11 is 12.2. The predicted octanol–water partition coefficient (Wildman–Crippen LogP) is 1.94. The molecule has 6 nitrogen and oxygen atoms in total. The molecule has 3 aliphatic rings. The Bertz CT molecular complexity index is 802. The Labute approximate surface area is 161 Å². The molecule has 1 aromatic carbocycles. The van der Waals surface area contributed by atoms with Crippen LogP contribution in [0.2, 0.25) is 10.0 Å². The summed E-state index contributed by atoms with van der Waals surface area (Å²) in [6.07, 6.45) is 1.74. The molecule has 1 saturated heterocycles. The van der Waals surface area contributed by atoms with Gasteiger partial charge in [-0.3, -0.25) is 9.59 Å². The minimum Gasteiger partial charge on any atom is -0.393 e. The number of aliphatic hydroxyl groups excluding tert-OH is 1. The van der Waals surface area contributed by atoms with E-state index in [0.717, 1.165) is 5.56 Å². The molecule has 2 amide bonds. The highest BCUT2D eigenvalue weighted by Gasteiger charge is 2.53. The first-order valence-corrected chi connectivity index (χ1v) is 9.47. The molecule has 4 rings (SSSR count). The fraction of sp³-hybridized carbons (Fsp3) is 0.556. The number of benzene rings is 1. The number of aliphatic hydroxyl groups is 2. The lowest BCUT2D eigenvalue weighted by atomic mass is 9.81. The number of likely N-dealkylation sites (tertiary alicyclic amines) is 1. The Morgan fingerprint density at radius 2 is 2.04 bits per heavy atom. The Kier molecular flexibility index (Phi) is 4.23. The van der Waals surface area contributed by atoms with Crippen LogP contribution < -0.4 is 5.32 Å². The summed E-state index contributed by atoms with van der Waals surface area (Å²) < 4.78 is 0. The zero-order valence-corrected chi connectivity index (χ0v) is 15.6. The standard InChI is InChI=1S/C18H20Cl2N2O4/c19-12-5-11-14(6-13(12)20)21-16(25)18(11)3-4-22(8-18)15(24)10-1-2-17(26,7-10)9-23/h5-6,10,23,26H,1-4,7-9H2,(H,21,25)/t10-,17-,18-/m1/s1. The van der Waals surface area contributed by atoms with Gasteiger partial charge in [0.2, 0.25) is 11.8 Å². The van der Waals surface area contributed by atoms with Crippen LogP contribution in [0, 0.1) is 5.92 Å². The van der Waals surface area contributed by atoms with Gasteiger partial charge in [-0.15, -0.1) is 0 Å². The third-order valence-corrected chi connectivity index (χ3v) is 6.79. The van der Waals surface area contributed by atoms with E-state index in [0.29, 0.717) is 41.5 Å². The van der Waals surface area contributed by atoms with E-state index in [2.05, 4.69) is 5.32 Å². The fourth-order valence-electron chi connectivity index (χ4n) is 4.53. The van der Waals surface area contributed by atoms with Gasteiger partial charge in [0, 0.05) is 24.7 Å². The highest BCUT2D eigenvalue weighted by molar-refractivity contribution is 6.42. The zero-order valence-electron chi connectivity index (χ0n) is 14.1. The molecule has 26 heavy (non-hydrogen) atoms. The van der Waals surface area contributed by atoms with Crippen LogP contribution in [-0.4, -0.2) is 52.2 Å². The quantitative estimate of drug-likeness (QED) is 0.709. The van der Waals surface area contributed by atoms with Crippen molar-refractivity contribution in [1.82, 2.24) is 4.90 Å². The number of hydrogen-bond donors (Lipinski definition) is 3. The first-order chi connectivity index (χ1) is 12.3. The van der Waals surface area contributed by atoms with Crippen LogP contribution >= 0.6 is 23.2 Å². The minimum atomic E-state index is -1.17. The molecule has 2 fully saturated rings. The molecule has 0 radical (unpaired) electrons. The van der Waals surface area contributed by atoms with E-state index in [1.54, 1.807) is 17.0 Å². The van der Waals surface area contributed by atoms with E-state index in [9.17, 15) is 19.8 Å². The lowest BCUT2D eigenvalue weighted by Crippen LogP contribution is -2.41. The van der Waals surface area contributed by atoms with Crippen LogP contribution in [0.25, 0.3) is 0 Å². The molecular weight excluding hydrogens is 379 g/mol. The third kappa shape index (κ3) is 2.62. The van der Waals surface area contributed by atoms with Gasteiger partial charge in [-0.05, 0) is 43.4 Å². The van der Waals surface area contributed by atoms with Crippen molar-refractivity contribution < 1.29 is 19.8 Å². The third-order valence-electron chi connectivity index (χ3n) is 6.07. The van der Waals surface area contributed by atoms with Gasteiger partial charge in [0.25, 0.3) is 0 Å². The Morgan fingerprint density at radius 1 is 1.31 bits per heavy atom. The average Bonchev–Trinajstić information content (AvgIpc) is 3.28. The van der Waals surface area contributed by atoms with Crippen molar-refractivity contribution >= 4 is 40.7 Å². The molecule has 1 spiro atoms. The first kappa shape index (κ1) is 18.0. The lowest BCUT2D eigenvalue weighted by Gasteiger charge is -2.25. The van der Waals surface area contributed by atoms with Gasteiger partial charge in [0.05, 0.1) is 27.7 Å².